The van der Waals surface area contributed by atoms with Gasteiger partial charge in [0.25, 0.3) is 0 Å². The standard InChI is InChI=1S/C22H23F4N3O3S/c23-18-7-1-2-9-20(18)33(31,32)29-10-4-8-19(29)21(30)28-13-11-27(12-14-28)17-6-3-5-16(15-17)22(24,25)26/h1-3,5-7,9,15,19H,4,8,10-14H2. The Kier molecular flexibility index (Phi) is 6.37. The molecule has 2 heterocycles. The van der Waals surface area contributed by atoms with E-state index in [9.17, 15) is 30.8 Å². The zero-order chi connectivity index (χ0) is 23.8. The Morgan fingerprint density at radius 1 is 0.939 bits per heavy atom. The quantitative estimate of drug-likeness (QED) is 0.624. The van der Waals surface area contributed by atoms with E-state index in [-0.39, 0.29) is 25.5 Å². The molecule has 0 spiro atoms. The number of anilines is 1. The molecular weight excluding hydrogens is 462 g/mol. The predicted octanol–water partition coefficient (Wildman–Crippen LogP) is 3.35. The van der Waals surface area contributed by atoms with E-state index in [2.05, 4.69) is 0 Å². The summed E-state index contributed by atoms with van der Waals surface area (Å²) < 4.78 is 80.3. The topological polar surface area (TPSA) is 60.9 Å². The average molecular weight is 486 g/mol. The van der Waals surface area contributed by atoms with Crippen molar-refractivity contribution in [3.8, 4) is 0 Å². The van der Waals surface area contributed by atoms with Crippen LogP contribution < -0.4 is 4.90 Å². The minimum Gasteiger partial charge on any atom is -0.368 e. The maximum absolute atomic E-state index is 14.2. The summed E-state index contributed by atoms with van der Waals surface area (Å²) in [6.45, 7) is 1.26. The van der Waals surface area contributed by atoms with Gasteiger partial charge in [0.05, 0.1) is 5.56 Å². The SMILES string of the molecule is O=C(C1CCCN1S(=O)(=O)c1ccccc1F)N1CCN(c2cccc(C(F)(F)F)c2)CC1. The molecule has 0 N–H and O–H groups in total. The second kappa shape index (κ2) is 8.94. The van der Waals surface area contributed by atoms with Crippen molar-refractivity contribution in [1.29, 1.82) is 0 Å². The Morgan fingerprint density at radius 3 is 2.30 bits per heavy atom. The Labute approximate surface area is 189 Å². The minimum atomic E-state index is -4.44. The van der Waals surface area contributed by atoms with Crippen LogP contribution in [0, 0.1) is 5.82 Å². The monoisotopic (exact) mass is 485 g/mol. The number of carbonyl (C=O) groups excluding carboxylic acids is 1. The number of alkyl halides is 3. The number of carbonyl (C=O) groups is 1. The molecule has 2 fully saturated rings. The molecule has 0 aromatic heterocycles. The van der Waals surface area contributed by atoms with Crippen LogP contribution in [-0.4, -0.2) is 62.3 Å². The summed E-state index contributed by atoms with van der Waals surface area (Å²) in [7, 11) is -4.18. The molecule has 2 saturated heterocycles. The van der Waals surface area contributed by atoms with Crippen LogP contribution in [0.15, 0.2) is 53.4 Å². The summed E-state index contributed by atoms with van der Waals surface area (Å²) in [5, 5.41) is 0. The highest BCUT2D eigenvalue weighted by Gasteiger charge is 2.42. The number of halogens is 4. The summed E-state index contributed by atoms with van der Waals surface area (Å²) in [6.07, 6.45) is -3.63. The highest BCUT2D eigenvalue weighted by molar-refractivity contribution is 7.89. The molecule has 1 atom stereocenters. The van der Waals surface area contributed by atoms with E-state index < -0.39 is 38.5 Å². The van der Waals surface area contributed by atoms with Crippen molar-refractivity contribution in [3.05, 3.63) is 59.9 Å². The number of piperazine rings is 1. The number of hydrogen-bond acceptors (Lipinski definition) is 4. The zero-order valence-electron chi connectivity index (χ0n) is 17.6. The van der Waals surface area contributed by atoms with Crippen LogP contribution in [0.4, 0.5) is 23.2 Å². The van der Waals surface area contributed by atoms with Gasteiger partial charge in [-0.1, -0.05) is 18.2 Å². The normalized spacial score (nSPS) is 20.3. The maximum Gasteiger partial charge on any atom is 0.416 e. The molecule has 33 heavy (non-hydrogen) atoms. The second-order valence-corrected chi connectivity index (χ2v) is 9.92. The predicted molar refractivity (Wildman–Crippen MR) is 114 cm³/mol. The van der Waals surface area contributed by atoms with E-state index in [0.29, 0.717) is 31.6 Å². The highest BCUT2D eigenvalue weighted by Crippen LogP contribution is 2.32. The molecule has 2 aliphatic heterocycles. The number of hydrogen-bond donors (Lipinski definition) is 0. The van der Waals surface area contributed by atoms with E-state index in [1.165, 1.54) is 29.2 Å². The third-order valence-corrected chi connectivity index (χ3v) is 7.98. The van der Waals surface area contributed by atoms with Gasteiger partial charge in [-0.15, -0.1) is 0 Å². The molecule has 2 aromatic rings. The van der Waals surface area contributed by atoms with Crippen LogP contribution in [0.5, 0.6) is 0 Å². The van der Waals surface area contributed by atoms with Crippen molar-refractivity contribution in [2.45, 2.75) is 30.0 Å². The van der Waals surface area contributed by atoms with Gasteiger partial charge < -0.3 is 9.80 Å². The van der Waals surface area contributed by atoms with E-state index in [1.54, 1.807) is 11.0 Å². The molecule has 178 valence electrons. The molecule has 11 heteroatoms. The maximum atomic E-state index is 14.2. The van der Waals surface area contributed by atoms with Crippen molar-refractivity contribution >= 4 is 21.6 Å². The van der Waals surface area contributed by atoms with Gasteiger partial charge in [0.1, 0.15) is 16.8 Å². The fourth-order valence-electron chi connectivity index (χ4n) is 4.33. The van der Waals surface area contributed by atoms with Crippen LogP contribution in [0.3, 0.4) is 0 Å². The molecule has 6 nitrogen and oxygen atoms in total. The van der Waals surface area contributed by atoms with Crippen LogP contribution in [0.2, 0.25) is 0 Å². The first-order chi connectivity index (χ1) is 15.6. The lowest BCUT2D eigenvalue weighted by atomic mass is 10.1. The van der Waals surface area contributed by atoms with Gasteiger partial charge in [-0.3, -0.25) is 4.79 Å². The van der Waals surface area contributed by atoms with E-state index in [4.69, 9.17) is 0 Å². The lowest BCUT2D eigenvalue weighted by molar-refractivity contribution is -0.137. The molecule has 0 saturated carbocycles. The van der Waals surface area contributed by atoms with Crippen LogP contribution in [0.25, 0.3) is 0 Å². The number of sulfonamides is 1. The van der Waals surface area contributed by atoms with Crippen LogP contribution in [-0.2, 0) is 21.0 Å². The Balaban J connectivity index is 1.45. The fraction of sp³-hybridized carbons (Fsp3) is 0.409. The summed E-state index contributed by atoms with van der Waals surface area (Å²) in [6, 6.07) is 9.16. The minimum absolute atomic E-state index is 0.122. The largest absolute Gasteiger partial charge is 0.416 e. The first-order valence-electron chi connectivity index (χ1n) is 10.6. The Hall–Kier alpha value is -2.66. The van der Waals surface area contributed by atoms with Gasteiger partial charge in [0.2, 0.25) is 15.9 Å². The average Bonchev–Trinajstić information content (AvgIpc) is 3.29. The number of benzene rings is 2. The Morgan fingerprint density at radius 2 is 1.64 bits per heavy atom. The first kappa shape index (κ1) is 23.5. The van der Waals surface area contributed by atoms with Crippen LogP contribution in [0.1, 0.15) is 18.4 Å². The van der Waals surface area contributed by atoms with Gasteiger partial charge in [-0.2, -0.15) is 17.5 Å². The molecule has 2 aliphatic rings. The van der Waals surface area contributed by atoms with Gasteiger partial charge >= 0.3 is 6.18 Å². The third-order valence-electron chi connectivity index (χ3n) is 6.04. The van der Waals surface area contributed by atoms with Gasteiger partial charge in [-0.05, 0) is 43.2 Å². The third kappa shape index (κ3) is 4.70. The molecule has 1 unspecified atom stereocenters. The van der Waals surface area contributed by atoms with Crippen molar-refractivity contribution in [3.63, 3.8) is 0 Å². The molecule has 4 rings (SSSR count). The van der Waals surface area contributed by atoms with Gasteiger partial charge in [0, 0.05) is 38.4 Å². The summed E-state index contributed by atoms with van der Waals surface area (Å²) in [5.41, 5.74) is -0.319. The summed E-state index contributed by atoms with van der Waals surface area (Å²) >= 11 is 0. The second-order valence-electron chi connectivity index (χ2n) is 8.06. The van der Waals surface area contributed by atoms with Gasteiger partial charge in [0.15, 0.2) is 0 Å². The molecule has 1 amide bonds. The zero-order valence-corrected chi connectivity index (χ0v) is 18.4. The van der Waals surface area contributed by atoms with E-state index in [1.807, 2.05) is 0 Å². The highest BCUT2D eigenvalue weighted by atomic mass is 32.2. The van der Waals surface area contributed by atoms with E-state index >= 15 is 0 Å². The molecular formula is C22H23F4N3O3S. The van der Waals surface area contributed by atoms with Crippen molar-refractivity contribution in [2.24, 2.45) is 0 Å². The lowest BCUT2D eigenvalue weighted by Crippen LogP contribution is -2.54. The molecule has 0 aliphatic carbocycles. The molecule has 2 aromatic carbocycles. The van der Waals surface area contributed by atoms with Crippen molar-refractivity contribution in [2.75, 3.05) is 37.6 Å². The first-order valence-corrected chi connectivity index (χ1v) is 12.0. The van der Waals surface area contributed by atoms with Crippen molar-refractivity contribution < 1.29 is 30.8 Å². The van der Waals surface area contributed by atoms with Crippen molar-refractivity contribution in [1.82, 2.24) is 9.21 Å². The molecule has 0 bridgehead atoms. The summed E-state index contributed by atoms with van der Waals surface area (Å²) in [4.78, 5) is 16.0. The molecule has 0 radical (unpaired) electrons. The van der Waals surface area contributed by atoms with Crippen LogP contribution >= 0.6 is 0 Å². The number of nitrogens with zero attached hydrogens (tertiary/aromatic N) is 3. The van der Waals surface area contributed by atoms with Gasteiger partial charge in [-0.25, -0.2) is 12.8 Å². The smallest absolute Gasteiger partial charge is 0.368 e. The summed E-state index contributed by atoms with van der Waals surface area (Å²) in [5.74, 6) is -1.23. The fourth-order valence-corrected chi connectivity index (χ4v) is 6.05. The number of amides is 1. The Bertz CT molecular complexity index is 1130. The number of rotatable bonds is 4. The van der Waals surface area contributed by atoms with E-state index in [0.717, 1.165) is 22.5 Å². The lowest BCUT2D eigenvalue weighted by Gasteiger charge is -2.38.